The summed E-state index contributed by atoms with van der Waals surface area (Å²) in [5.74, 6) is 0.849. The fraction of sp³-hybridized carbons (Fsp3) is 0.500. The first-order chi connectivity index (χ1) is 8.93. The first-order valence-corrected chi connectivity index (χ1v) is 6.17. The Bertz CT molecular complexity index is 443. The van der Waals surface area contributed by atoms with Crippen molar-refractivity contribution in [2.75, 3.05) is 20.3 Å². The zero-order valence-electron chi connectivity index (χ0n) is 11.8. The van der Waals surface area contributed by atoms with Crippen molar-refractivity contribution in [2.24, 2.45) is 0 Å². The van der Waals surface area contributed by atoms with Crippen LogP contribution in [0.15, 0.2) is 18.2 Å². The van der Waals surface area contributed by atoms with Crippen LogP contribution >= 0.6 is 0 Å². The number of methoxy groups -OCH3 is 1. The van der Waals surface area contributed by atoms with Crippen LogP contribution in [0.3, 0.4) is 0 Å². The van der Waals surface area contributed by atoms with E-state index in [1.165, 1.54) is 0 Å². The van der Waals surface area contributed by atoms with Crippen LogP contribution in [0.1, 0.15) is 31.1 Å². The maximum Gasteiger partial charge on any atom is 0.251 e. The van der Waals surface area contributed by atoms with E-state index in [0.29, 0.717) is 23.7 Å². The lowest BCUT2D eigenvalue weighted by Gasteiger charge is -2.23. The number of aliphatic hydroxyl groups excluding tert-OH is 1. The molecular formula is C14H21NO4. The Labute approximate surface area is 113 Å². The fourth-order valence-corrected chi connectivity index (χ4v) is 1.51. The minimum atomic E-state index is -0.664. The van der Waals surface area contributed by atoms with E-state index in [0.717, 1.165) is 0 Å². The van der Waals surface area contributed by atoms with Gasteiger partial charge in [0.15, 0.2) is 11.5 Å². The Morgan fingerprint density at radius 2 is 2.05 bits per heavy atom. The molecule has 0 atom stereocenters. The molecule has 19 heavy (non-hydrogen) atoms. The third-order valence-corrected chi connectivity index (χ3v) is 2.57. The van der Waals surface area contributed by atoms with Crippen LogP contribution in [0.2, 0.25) is 0 Å². The predicted molar refractivity (Wildman–Crippen MR) is 72.8 cm³/mol. The van der Waals surface area contributed by atoms with E-state index in [9.17, 15) is 4.79 Å². The van der Waals surface area contributed by atoms with Gasteiger partial charge in [0.1, 0.15) is 0 Å². The molecule has 0 aliphatic carbocycles. The highest BCUT2D eigenvalue weighted by Gasteiger charge is 2.20. The van der Waals surface area contributed by atoms with Crippen molar-refractivity contribution < 1.29 is 19.4 Å². The van der Waals surface area contributed by atoms with Crippen LogP contribution in [0.5, 0.6) is 11.5 Å². The smallest absolute Gasteiger partial charge is 0.251 e. The summed E-state index contributed by atoms with van der Waals surface area (Å²) in [6, 6.07) is 4.97. The molecular weight excluding hydrogens is 246 g/mol. The number of rotatable bonds is 6. The van der Waals surface area contributed by atoms with Crippen molar-refractivity contribution in [3.8, 4) is 11.5 Å². The van der Waals surface area contributed by atoms with Crippen molar-refractivity contribution in [3.05, 3.63) is 23.8 Å². The second-order valence-corrected chi connectivity index (χ2v) is 4.79. The van der Waals surface area contributed by atoms with Crippen LogP contribution in [0.25, 0.3) is 0 Å². The third-order valence-electron chi connectivity index (χ3n) is 2.57. The van der Waals surface area contributed by atoms with Crippen LogP contribution in [-0.4, -0.2) is 36.9 Å². The van der Waals surface area contributed by atoms with Crippen LogP contribution < -0.4 is 14.8 Å². The van der Waals surface area contributed by atoms with E-state index in [4.69, 9.17) is 14.6 Å². The summed E-state index contributed by atoms with van der Waals surface area (Å²) >= 11 is 0. The summed E-state index contributed by atoms with van der Waals surface area (Å²) in [5, 5.41) is 11.9. The van der Waals surface area contributed by atoms with E-state index in [-0.39, 0.29) is 12.5 Å². The first-order valence-electron chi connectivity index (χ1n) is 6.17. The summed E-state index contributed by atoms with van der Waals surface area (Å²) in [4.78, 5) is 12.1. The highest BCUT2D eigenvalue weighted by Crippen LogP contribution is 2.28. The Kier molecular flexibility index (Phi) is 5.18. The van der Waals surface area contributed by atoms with Gasteiger partial charge in [-0.05, 0) is 39.0 Å². The number of hydrogen-bond donors (Lipinski definition) is 2. The van der Waals surface area contributed by atoms with Gasteiger partial charge in [-0.1, -0.05) is 0 Å². The summed E-state index contributed by atoms with van der Waals surface area (Å²) in [7, 11) is 1.55. The molecule has 0 spiro atoms. The number of amides is 1. The molecule has 0 radical (unpaired) electrons. The largest absolute Gasteiger partial charge is 0.493 e. The summed E-state index contributed by atoms with van der Waals surface area (Å²) < 4.78 is 10.6. The SMILES string of the molecule is CCOc1cc(C(=O)NC(C)(C)CO)ccc1OC. The molecule has 5 heteroatoms. The number of aliphatic hydroxyl groups is 1. The van der Waals surface area contributed by atoms with Gasteiger partial charge in [-0.15, -0.1) is 0 Å². The number of carbonyl (C=O) groups excluding carboxylic acids is 1. The highest BCUT2D eigenvalue weighted by atomic mass is 16.5. The van der Waals surface area contributed by atoms with Crippen LogP contribution in [-0.2, 0) is 0 Å². The van der Waals surface area contributed by atoms with Crippen molar-refractivity contribution in [3.63, 3.8) is 0 Å². The normalized spacial score (nSPS) is 11.0. The Morgan fingerprint density at radius 1 is 1.37 bits per heavy atom. The highest BCUT2D eigenvalue weighted by molar-refractivity contribution is 5.95. The zero-order valence-corrected chi connectivity index (χ0v) is 11.8. The van der Waals surface area contributed by atoms with Gasteiger partial charge in [0.05, 0.1) is 25.9 Å². The van der Waals surface area contributed by atoms with E-state index < -0.39 is 5.54 Å². The lowest BCUT2D eigenvalue weighted by atomic mass is 10.1. The maximum absolute atomic E-state index is 12.1. The number of carbonyl (C=O) groups is 1. The van der Waals surface area contributed by atoms with E-state index >= 15 is 0 Å². The van der Waals surface area contributed by atoms with E-state index in [1.807, 2.05) is 6.92 Å². The Hall–Kier alpha value is -1.75. The molecule has 0 bridgehead atoms. The standard InChI is InChI=1S/C14H21NO4/c1-5-19-12-8-10(6-7-11(12)18-4)13(17)15-14(2,3)9-16/h6-8,16H,5,9H2,1-4H3,(H,15,17). The van der Waals surface area contributed by atoms with E-state index in [1.54, 1.807) is 39.2 Å². The van der Waals surface area contributed by atoms with Gasteiger partial charge in [0, 0.05) is 5.56 Å². The molecule has 5 nitrogen and oxygen atoms in total. The number of hydrogen-bond acceptors (Lipinski definition) is 4. The maximum atomic E-state index is 12.1. The molecule has 106 valence electrons. The number of benzene rings is 1. The lowest BCUT2D eigenvalue weighted by molar-refractivity contribution is 0.0869. The molecule has 0 heterocycles. The number of nitrogens with one attached hydrogen (secondary N) is 1. The molecule has 0 unspecified atom stereocenters. The minimum Gasteiger partial charge on any atom is -0.493 e. The average Bonchev–Trinajstić information content (AvgIpc) is 2.38. The number of ether oxygens (including phenoxy) is 2. The van der Waals surface area contributed by atoms with Gasteiger partial charge < -0.3 is 19.9 Å². The van der Waals surface area contributed by atoms with Gasteiger partial charge in [0.25, 0.3) is 5.91 Å². The molecule has 0 saturated carbocycles. The molecule has 1 rings (SSSR count). The third kappa shape index (κ3) is 4.13. The summed E-state index contributed by atoms with van der Waals surface area (Å²) in [6.07, 6.45) is 0. The second-order valence-electron chi connectivity index (χ2n) is 4.79. The van der Waals surface area contributed by atoms with Crippen molar-refractivity contribution in [2.45, 2.75) is 26.3 Å². The molecule has 1 aromatic rings. The molecule has 1 aromatic carbocycles. The minimum absolute atomic E-state index is 0.132. The molecule has 0 aliphatic rings. The summed E-state index contributed by atoms with van der Waals surface area (Å²) in [5.41, 5.74) is -0.200. The molecule has 0 saturated heterocycles. The quantitative estimate of drug-likeness (QED) is 0.821. The van der Waals surface area contributed by atoms with Crippen molar-refractivity contribution in [1.29, 1.82) is 0 Å². The van der Waals surface area contributed by atoms with Crippen molar-refractivity contribution >= 4 is 5.91 Å². The Morgan fingerprint density at radius 3 is 2.58 bits per heavy atom. The zero-order chi connectivity index (χ0) is 14.5. The molecule has 0 fully saturated rings. The molecule has 1 amide bonds. The fourth-order valence-electron chi connectivity index (χ4n) is 1.51. The first kappa shape index (κ1) is 15.3. The van der Waals surface area contributed by atoms with Gasteiger partial charge in [-0.25, -0.2) is 0 Å². The lowest BCUT2D eigenvalue weighted by Crippen LogP contribution is -2.46. The predicted octanol–water partition coefficient (Wildman–Crippen LogP) is 1.59. The average molecular weight is 267 g/mol. The van der Waals surface area contributed by atoms with Gasteiger partial charge in [-0.2, -0.15) is 0 Å². The van der Waals surface area contributed by atoms with Crippen LogP contribution in [0.4, 0.5) is 0 Å². The molecule has 0 aliphatic heterocycles. The Balaban J connectivity index is 2.95. The van der Waals surface area contributed by atoms with Gasteiger partial charge >= 0.3 is 0 Å². The monoisotopic (exact) mass is 267 g/mol. The summed E-state index contributed by atoms with van der Waals surface area (Å²) in [6.45, 7) is 5.72. The second kappa shape index (κ2) is 6.43. The molecule has 2 N–H and O–H groups in total. The van der Waals surface area contributed by atoms with E-state index in [2.05, 4.69) is 5.32 Å². The molecule has 0 aromatic heterocycles. The van der Waals surface area contributed by atoms with Gasteiger partial charge in [-0.3, -0.25) is 4.79 Å². The topological polar surface area (TPSA) is 67.8 Å². The van der Waals surface area contributed by atoms with Crippen LogP contribution in [0, 0.1) is 0 Å². The van der Waals surface area contributed by atoms with Gasteiger partial charge in [0.2, 0.25) is 0 Å². The van der Waals surface area contributed by atoms with Crippen molar-refractivity contribution in [1.82, 2.24) is 5.32 Å².